The number of hydrogen-bond donors (Lipinski definition) is 3. The first-order valence-corrected chi connectivity index (χ1v) is 12.3. The number of alkyl halides is 3. The van der Waals surface area contributed by atoms with Gasteiger partial charge in [0.25, 0.3) is 0 Å². The van der Waals surface area contributed by atoms with Crippen LogP contribution in [0.5, 0.6) is 0 Å². The Labute approximate surface area is 232 Å². The Morgan fingerprint density at radius 3 is 2.10 bits per heavy atom. The van der Waals surface area contributed by atoms with Crippen LogP contribution in [0, 0.1) is 17.7 Å². The number of carbonyl (C=O) groups excluding carboxylic acids is 2. The van der Waals surface area contributed by atoms with Crippen LogP contribution in [0.1, 0.15) is 37.8 Å². The number of rotatable bonds is 5. The van der Waals surface area contributed by atoms with Crippen LogP contribution in [0.2, 0.25) is 0 Å². The molecule has 0 radical (unpaired) electrons. The highest BCUT2D eigenvalue weighted by molar-refractivity contribution is 5.96. The molecule has 14 heteroatoms. The molecule has 3 amide bonds. The Balaban J connectivity index is 1.91. The Kier molecular flexibility index (Phi) is 8.84. The van der Waals surface area contributed by atoms with Gasteiger partial charge in [0.1, 0.15) is 11.4 Å². The predicted octanol–water partition coefficient (Wildman–Crippen LogP) is 5.25. The Morgan fingerprint density at radius 2 is 1.61 bits per heavy atom. The maximum absolute atomic E-state index is 14.4. The van der Waals surface area contributed by atoms with Crippen molar-refractivity contribution >= 4 is 35.4 Å². The Hall–Kier alpha value is -4.36. The van der Waals surface area contributed by atoms with Crippen molar-refractivity contribution in [1.29, 1.82) is 0 Å². The summed E-state index contributed by atoms with van der Waals surface area (Å²) in [5, 5.41) is 21.8. The molecule has 3 unspecified atom stereocenters. The van der Waals surface area contributed by atoms with Crippen molar-refractivity contribution in [3.63, 3.8) is 0 Å². The number of carbonyl (C=O) groups is 4. The average Bonchev–Trinajstić information content (AvgIpc) is 2.86. The smallest absolute Gasteiger partial charge is 0.416 e. The van der Waals surface area contributed by atoms with E-state index in [0.29, 0.717) is 23.4 Å². The Bertz CT molecular complexity index is 1330. The second kappa shape index (κ2) is 11.6. The van der Waals surface area contributed by atoms with E-state index in [4.69, 9.17) is 4.74 Å². The zero-order valence-corrected chi connectivity index (χ0v) is 22.5. The van der Waals surface area contributed by atoms with E-state index < -0.39 is 77.2 Å². The second-order valence-corrected chi connectivity index (χ2v) is 10.6. The van der Waals surface area contributed by atoms with E-state index in [1.54, 1.807) is 20.8 Å². The van der Waals surface area contributed by atoms with Crippen LogP contribution in [0.25, 0.3) is 0 Å². The summed E-state index contributed by atoms with van der Waals surface area (Å²) < 4.78 is 58.4. The van der Waals surface area contributed by atoms with Gasteiger partial charge in [-0.05, 0) is 56.7 Å². The fourth-order valence-electron chi connectivity index (χ4n) is 4.52. The fourth-order valence-corrected chi connectivity index (χ4v) is 4.52. The maximum Gasteiger partial charge on any atom is 0.416 e. The third-order valence-corrected chi connectivity index (χ3v) is 6.52. The van der Waals surface area contributed by atoms with Gasteiger partial charge in [0.2, 0.25) is 5.91 Å². The van der Waals surface area contributed by atoms with Gasteiger partial charge < -0.3 is 25.2 Å². The van der Waals surface area contributed by atoms with Gasteiger partial charge in [0.15, 0.2) is 0 Å². The molecule has 2 aromatic carbocycles. The quantitative estimate of drug-likeness (QED) is 0.409. The van der Waals surface area contributed by atoms with Gasteiger partial charge in [-0.1, -0.05) is 12.1 Å². The SMILES string of the molecule is CN(C(=O)OC(C)(C)C)c1ccc(C2CN(C(=O)O)CC(C(=O)Nc3ccc(C(F)(F)F)cc3F)C2C(=O)O)cc1. The normalized spacial score (nSPS) is 19.3. The summed E-state index contributed by atoms with van der Waals surface area (Å²) in [7, 11) is 1.47. The standard InChI is InChI=1S/C27H29F4N3O7/c1-26(2,3)41-25(40)33(4)16-8-5-14(6-9-16)17-12-34(24(38)39)13-18(21(17)23(36)37)22(35)32-20-10-7-15(11-19(20)28)27(29,30)31/h5-11,17-18,21H,12-13H2,1-4H3,(H,32,35)(H,36,37)(H,38,39). The highest BCUT2D eigenvalue weighted by atomic mass is 19.4. The number of ether oxygens (including phenoxy) is 1. The van der Waals surface area contributed by atoms with Gasteiger partial charge in [0.05, 0.1) is 23.1 Å². The number of carboxylic acids is 1. The van der Waals surface area contributed by atoms with Gasteiger partial charge in [-0.15, -0.1) is 0 Å². The van der Waals surface area contributed by atoms with Gasteiger partial charge in [0, 0.05) is 31.7 Å². The van der Waals surface area contributed by atoms with Crippen molar-refractivity contribution in [2.75, 3.05) is 30.4 Å². The van der Waals surface area contributed by atoms with Crippen LogP contribution in [0.4, 0.5) is 38.5 Å². The number of nitrogens with one attached hydrogen (secondary N) is 1. The van der Waals surface area contributed by atoms with Crippen LogP contribution < -0.4 is 10.2 Å². The van der Waals surface area contributed by atoms with E-state index in [-0.39, 0.29) is 12.6 Å². The molecular formula is C27H29F4N3O7. The van der Waals surface area contributed by atoms with Crippen molar-refractivity contribution in [2.24, 2.45) is 11.8 Å². The third-order valence-electron chi connectivity index (χ3n) is 6.52. The molecule has 1 heterocycles. The summed E-state index contributed by atoms with van der Waals surface area (Å²) >= 11 is 0. The van der Waals surface area contributed by atoms with E-state index in [1.807, 2.05) is 0 Å². The van der Waals surface area contributed by atoms with E-state index in [1.165, 1.54) is 36.2 Å². The second-order valence-electron chi connectivity index (χ2n) is 10.6. The predicted molar refractivity (Wildman–Crippen MR) is 138 cm³/mol. The first-order chi connectivity index (χ1) is 18.9. The van der Waals surface area contributed by atoms with Crippen LogP contribution in [0.15, 0.2) is 42.5 Å². The minimum absolute atomic E-state index is 0.188. The molecule has 2 aromatic rings. The van der Waals surface area contributed by atoms with Crippen molar-refractivity contribution in [3.05, 3.63) is 59.4 Å². The van der Waals surface area contributed by atoms with Crippen molar-refractivity contribution < 1.29 is 51.7 Å². The number of nitrogens with zero attached hydrogens (tertiary/aromatic N) is 2. The van der Waals surface area contributed by atoms with Crippen molar-refractivity contribution in [2.45, 2.75) is 38.5 Å². The minimum atomic E-state index is -4.83. The van der Waals surface area contributed by atoms with E-state index >= 15 is 0 Å². The molecule has 41 heavy (non-hydrogen) atoms. The van der Waals surface area contributed by atoms with Crippen LogP contribution >= 0.6 is 0 Å². The molecule has 1 aliphatic rings. The lowest BCUT2D eigenvalue weighted by Crippen LogP contribution is -2.53. The largest absolute Gasteiger partial charge is 0.481 e. The molecule has 0 bridgehead atoms. The molecule has 3 atom stereocenters. The molecule has 1 saturated heterocycles. The molecule has 0 saturated carbocycles. The molecule has 10 nitrogen and oxygen atoms in total. The lowest BCUT2D eigenvalue weighted by atomic mass is 9.74. The minimum Gasteiger partial charge on any atom is -0.481 e. The summed E-state index contributed by atoms with van der Waals surface area (Å²) in [4.78, 5) is 51.9. The molecule has 0 aliphatic carbocycles. The number of hydrogen-bond acceptors (Lipinski definition) is 5. The van der Waals surface area contributed by atoms with Gasteiger partial charge >= 0.3 is 24.3 Å². The fraction of sp³-hybridized carbons (Fsp3) is 0.407. The first kappa shape index (κ1) is 31.2. The molecule has 3 N–H and O–H groups in total. The molecule has 1 aliphatic heterocycles. The topological polar surface area (TPSA) is 136 Å². The van der Waals surface area contributed by atoms with Crippen molar-refractivity contribution in [1.82, 2.24) is 4.90 Å². The molecular weight excluding hydrogens is 554 g/mol. The third kappa shape index (κ3) is 7.44. The molecule has 3 rings (SSSR count). The number of amides is 3. The number of halogens is 4. The number of likely N-dealkylation sites (tertiary alicyclic amines) is 1. The zero-order valence-electron chi connectivity index (χ0n) is 22.5. The van der Waals surface area contributed by atoms with E-state index in [2.05, 4.69) is 5.32 Å². The summed E-state index contributed by atoms with van der Waals surface area (Å²) in [6, 6.07) is 7.43. The highest BCUT2D eigenvalue weighted by Gasteiger charge is 2.47. The lowest BCUT2D eigenvalue weighted by molar-refractivity contribution is -0.149. The maximum atomic E-state index is 14.4. The highest BCUT2D eigenvalue weighted by Crippen LogP contribution is 2.38. The molecule has 222 valence electrons. The summed E-state index contributed by atoms with van der Waals surface area (Å²) in [6.45, 7) is 4.26. The van der Waals surface area contributed by atoms with Gasteiger partial charge in [-0.25, -0.2) is 14.0 Å². The average molecular weight is 584 g/mol. The van der Waals surface area contributed by atoms with Crippen LogP contribution in [-0.4, -0.2) is 64.9 Å². The summed E-state index contributed by atoms with van der Waals surface area (Å²) in [5.41, 5.74) is -1.91. The van der Waals surface area contributed by atoms with Crippen molar-refractivity contribution in [3.8, 4) is 0 Å². The first-order valence-electron chi connectivity index (χ1n) is 12.3. The molecule has 0 aromatic heterocycles. The lowest BCUT2D eigenvalue weighted by Gasteiger charge is -2.40. The van der Waals surface area contributed by atoms with Crippen LogP contribution in [-0.2, 0) is 20.5 Å². The van der Waals surface area contributed by atoms with E-state index in [9.17, 15) is 47.0 Å². The Morgan fingerprint density at radius 1 is 1.00 bits per heavy atom. The molecule has 0 spiro atoms. The number of benzene rings is 2. The zero-order chi connectivity index (χ0) is 30.9. The summed E-state index contributed by atoms with van der Waals surface area (Å²) in [5.74, 6) is -7.93. The van der Waals surface area contributed by atoms with Gasteiger partial charge in [-0.2, -0.15) is 13.2 Å². The van der Waals surface area contributed by atoms with Gasteiger partial charge in [-0.3, -0.25) is 14.5 Å². The number of piperidine rings is 1. The number of anilines is 2. The monoisotopic (exact) mass is 583 g/mol. The van der Waals surface area contributed by atoms with E-state index in [0.717, 1.165) is 4.90 Å². The summed E-state index contributed by atoms with van der Waals surface area (Å²) in [6.07, 6.45) is -6.90. The van der Waals surface area contributed by atoms with Crippen LogP contribution in [0.3, 0.4) is 0 Å². The number of aliphatic carboxylic acids is 1. The number of carboxylic acid groups (broad SMARTS) is 2. The molecule has 1 fully saturated rings.